The Balaban J connectivity index is 2.35. The fourth-order valence-electron chi connectivity index (χ4n) is 3.73. The number of carbonyl (C=O) groups excluding carboxylic acids is 3. The monoisotopic (exact) mass is 461 g/mol. The average molecular weight is 462 g/mol. The van der Waals surface area contributed by atoms with Crippen LogP contribution in [0.15, 0.2) is 18.2 Å². The van der Waals surface area contributed by atoms with Gasteiger partial charge in [0, 0.05) is 18.4 Å². The molecule has 33 heavy (non-hydrogen) atoms. The lowest BCUT2D eigenvalue weighted by Gasteiger charge is -2.30. The second kappa shape index (κ2) is 9.74. The Kier molecular flexibility index (Phi) is 7.69. The zero-order valence-electron chi connectivity index (χ0n) is 20.3. The van der Waals surface area contributed by atoms with Gasteiger partial charge < -0.3 is 25.0 Å². The number of benzene rings is 1. The number of aliphatic hydroxyl groups excluding tert-OH is 1. The van der Waals surface area contributed by atoms with Gasteiger partial charge in [0.1, 0.15) is 11.9 Å². The van der Waals surface area contributed by atoms with E-state index in [9.17, 15) is 23.9 Å². The van der Waals surface area contributed by atoms with Crippen LogP contribution < -0.4 is 10.6 Å². The average Bonchev–Trinajstić information content (AvgIpc) is 2.95. The standard InChI is InChI=1S/C24H32FN3O5/c1-12-11-15(9-10-16(12)25)26-21(30)17-13(2)18(28(7)14(17)3)19(29)22(31)27-20(23(32)33-8)24(4,5)6/h9-11,19-20,29H,1-8H3,(H,26,30)(H,27,31)/t19?,20-/m0/s1. The molecule has 1 aromatic heterocycles. The predicted octanol–water partition coefficient (Wildman–Crippen LogP) is 3.08. The molecule has 1 aromatic carbocycles. The molecule has 8 nitrogen and oxygen atoms in total. The zero-order chi connectivity index (χ0) is 25.2. The van der Waals surface area contributed by atoms with Crippen LogP contribution in [0.4, 0.5) is 10.1 Å². The number of esters is 1. The number of hydrogen-bond acceptors (Lipinski definition) is 5. The zero-order valence-corrected chi connectivity index (χ0v) is 20.3. The fourth-order valence-corrected chi connectivity index (χ4v) is 3.73. The van der Waals surface area contributed by atoms with Crippen molar-refractivity contribution in [3.05, 3.63) is 52.1 Å². The van der Waals surface area contributed by atoms with Crippen molar-refractivity contribution in [2.24, 2.45) is 12.5 Å². The maximum absolute atomic E-state index is 13.5. The maximum atomic E-state index is 13.5. The first kappa shape index (κ1) is 26.1. The van der Waals surface area contributed by atoms with Crippen LogP contribution in [0.1, 0.15) is 59.7 Å². The molecule has 3 N–H and O–H groups in total. The first-order valence-electron chi connectivity index (χ1n) is 10.5. The molecule has 2 amide bonds. The summed E-state index contributed by atoms with van der Waals surface area (Å²) in [5.41, 5.74) is 1.63. The Bertz CT molecular complexity index is 1080. The third kappa shape index (κ3) is 5.42. The first-order chi connectivity index (χ1) is 15.2. The highest BCUT2D eigenvalue weighted by atomic mass is 19.1. The van der Waals surface area contributed by atoms with Crippen LogP contribution in [0.3, 0.4) is 0 Å². The van der Waals surface area contributed by atoms with E-state index in [4.69, 9.17) is 4.74 Å². The molecule has 0 radical (unpaired) electrons. The minimum atomic E-state index is -1.63. The normalized spacial score (nSPS) is 13.3. The Morgan fingerprint density at radius 3 is 2.27 bits per heavy atom. The first-order valence-corrected chi connectivity index (χ1v) is 10.5. The number of nitrogens with zero attached hydrogens (tertiary/aromatic N) is 1. The molecule has 0 spiro atoms. The molecular formula is C24H32FN3O5. The highest BCUT2D eigenvalue weighted by Crippen LogP contribution is 2.29. The summed E-state index contributed by atoms with van der Waals surface area (Å²) in [6.07, 6.45) is -1.63. The molecule has 2 rings (SSSR count). The number of aromatic nitrogens is 1. The number of ether oxygens (including phenoxy) is 1. The third-order valence-corrected chi connectivity index (χ3v) is 5.73. The van der Waals surface area contributed by atoms with E-state index in [0.717, 1.165) is 0 Å². The van der Waals surface area contributed by atoms with Gasteiger partial charge in [0.25, 0.3) is 11.8 Å². The molecule has 1 unspecified atom stereocenters. The van der Waals surface area contributed by atoms with Crippen molar-refractivity contribution in [2.75, 3.05) is 12.4 Å². The molecule has 0 bridgehead atoms. The molecule has 9 heteroatoms. The molecule has 0 saturated heterocycles. The number of hydrogen-bond donors (Lipinski definition) is 3. The summed E-state index contributed by atoms with van der Waals surface area (Å²) in [4.78, 5) is 38.0. The number of aryl methyl sites for hydroxylation is 1. The number of carbonyl (C=O) groups is 3. The molecule has 2 atom stereocenters. The van der Waals surface area contributed by atoms with Crippen LogP contribution in [0.5, 0.6) is 0 Å². The quantitative estimate of drug-likeness (QED) is 0.573. The second-order valence-electron chi connectivity index (χ2n) is 9.18. The summed E-state index contributed by atoms with van der Waals surface area (Å²) in [5, 5.41) is 16.1. The molecule has 0 aliphatic rings. The third-order valence-electron chi connectivity index (χ3n) is 5.73. The SMILES string of the molecule is COC(=O)[C@H](NC(=O)C(O)c1c(C)c(C(=O)Nc2ccc(F)c(C)c2)c(C)n1C)C(C)(C)C. The van der Waals surface area contributed by atoms with E-state index < -0.39 is 35.3 Å². The summed E-state index contributed by atoms with van der Waals surface area (Å²) < 4.78 is 19.9. The molecule has 0 fully saturated rings. The van der Waals surface area contributed by atoms with E-state index >= 15 is 0 Å². The molecule has 1 heterocycles. The van der Waals surface area contributed by atoms with E-state index in [2.05, 4.69) is 10.6 Å². The van der Waals surface area contributed by atoms with Crippen LogP contribution in [-0.4, -0.2) is 40.6 Å². The number of amides is 2. The van der Waals surface area contributed by atoms with Gasteiger partial charge in [0.15, 0.2) is 6.10 Å². The number of methoxy groups -OCH3 is 1. The smallest absolute Gasteiger partial charge is 0.328 e. The van der Waals surface area contributed by atoms with Crippen molar-refractivity contribution >= 4 is 23.5 Å². The number of halogens is 1. The minimum absolute atomic E-state index is 0.225. The number of rotatable bonds is 6. The Labute approximate surface area is 193 Å². The van der Waals surface area contributed by atoms with E-state index in [1.807, 2.05) is 0 Å². The van der Waals surface area contributed by atoms with Crippen molar-refractivity contribution in [2.45, 2.75) is 53.7 Å². The van der Waals surface area contributed by atoms with Crippen molar-refractivity contribution in [1.29, 1.82) is 0 Å². The lowest BCUT2D eigenvalue weighted by molar-refractivity contribution is -0.149. The summed E-state index contributed by atoms with van der Waals surface area (Å²) in [5.74, 6) is -2.24. The summed E-state index contributed by atoms with van der Waals surface area (Å²) in [7, 11) is 2.86. The lowest BCUT2D eigenvalue weighted by atomic mass is 9.86. The Morgan fingerprint density at radius 1 is 1.15 bits per heavy atom. The number of anilines is 1. The molecule has 180 valence electrons. The van der Waals surface area contributed by atoms with Crippen LogP contribution in [-0.2, 0) is 21.4 Å². The largest absolute Gasteiger partial charge is 0.467 e. The predicted molar refractivity (Wildman–Crippen MR) is 122 cm³/mol. The molecule has 0 aliphatic heterocycles. The van der Waals surface area contributed by atoms with Crippen LogP contribution in [0.2, 0.25) is 0 Å². The van der Waals surface area contributed by atoms with E-state index in [1.54, 1.807) is 53.2 Å². The Hall–Kier alpha value is -3.20. The fraction of sp³-hybridized carbons (Fsp3) is 0.458. The van der Waals surface area contributed by atoms with Gasteiger partial charge >= 0.3 is 5.97 Å². The van der Waals surface area contributed by atoms with Crippen LogP contribution in [0, 0.1) is 32.0 Å². The number of aliphatic hydroxyl groups is 1. The second-order valence-corrected chi connectivity index (χ2v) is 9.18. The van der Waals surface area contributed by atoms with Gasteiger partial charge in [0.05, 0.1) is 18.4 Å². The van der Waals surface area contributed by atoms with Crippen LogP contribution in [0.25, 0.3) is 0 Å². The topological polar surface area (TPSA) is 110 Å². The van der Waals surface area contributed by atoms with Crippen molar-refractivity contribution < 1.29 is 28.6 Å². The minimum Gasteiger partial charge on any atom is -0.467 e. The lowest BCUT2D eigenvalue weighted by Crippen LogP contribution is -2.51. The van der Waals surface area contributed by atoms with Gasteiger partial charge in [-0.05, 0) is 55.5 Å². The van der Waals surface area contributed by atoms with Gasteiger partial charge in [-0.25, -0.2) is 9.18 Å². The van der Waals surface area contributed by atoms with E-state index in [-0.39, 0.29) is 11.5 Å². The Morgan fingerprint density at radius 2 is 1.76 bits per heavy atom. The number of nitrogens with one attached hydrogen (secondary N) is 2. The summed E-state index contributed by atoms with van der Waals surface area (Å²) in [6, 6.07) is 3.26. The maximum Gasteiger partial charge on any atom is 0.328 e. The summed E-state index contributed by atoms with van der Waals surface area (Å²) in [6.45, 7) is 10.2. The van der Waals surface area contributed by atoms with Crippen LogP contribution >= 0.6 is 0 Å². The van der Waals surface area contributed by atoms with Gasteiger partial charge in [-0.1, -0.05) is 20.8 Å². The van der Waals surface area contributed by atoms with Gasteiger partial charge in [-0.2, -0.15) is 0 Å². The molecule has 2 aromatic rings. The highest BCUT2D eigenvalue weighted by Gasteiger charge is 2.37. The molecule has 0 aliphatic carbocycles. The van der Waals surface area contributed by atoms with Gasteiger partial charge in [-0.3, -0.25) is 9.59 Å². The molecular weight excluding hydrogens is 429 g/mol. The highest BCUT2D eigenvalue weighted by molar-refractivity contribution is 6.06. The van der Waals surface area contributed by atoms with Crippen molar-refractivity contribution in [1.82, 2.24) is 9.88 Å². The van der Waals surface area contributed by atoms with Gasteiger partial charge in [0.2, 0.25) is 0 Å². The summed E-state index contributed by atoms with van der Waals surface area (Å²) >= 11 is 0. The van der Waals surface area contributed by atoms with Crippen molar-refractivity contribution in [3.63, 3.8) is 0 Å². The van der Waals surface area contributed by atoms with Gasteiger partial charge in [-0.15, -0.1) is 0 Å². The molecule has 0 saturated carbocycles. The van der Waals surface area contributed by atoms with Crippen molar-refractivity contribution in [3.8, 4) is 0 Å². The van der Waals surface area contributed by atoms with E-state index in [1.165, 1.54) is 25.3 Å². The van der Waals surface area contributed by atoms with E-state index in [0.29, 0.717) is 28.1 Å².